The number of carbonyl (C=O) groups excluding carboxylic acids is 1. The third kappa shape index (κ3) is 4.19. The number of aromatic nitrogens is 1. The van der Waals surface area contributed by atoms with Crippen LogP contribution in [-0.4, -0.2) is 60.4 Å². The summed E-state index contributed by atoms with van der Waals surface area (Å²) in [6.07, 6.45) is 2.93. The predicted molar refractivity (Wildman–Crippen MR) is 94.6 cm³/mol. The second-order valence-electron chi connectivity index (χ2n) is 6.28. The number of benzene rings is 1. The first-order valence-electron chi connectivity index (χ1n) is 8.57. The Labute approximate surface area is 147 Å². The molecule has 0 bridgehead atoms. The Balaban J connectivity index is 1.62. The van der Waals surface area contributed by atoms with E-state index in [9.17, 15) is 13.2 Å². The molecule has 0 unspecified atom stereocenters. The molecular weight excluding hydrogens is 342 g/mol. The number of fused-ring (bicyclic) bond motifs is 1. The van der Waals surface area contributed by atoms with E-state index in [2.05, 4.69) is 4.98 Å². The zero-order chi connectivity index (χ0) is 17.9. The maximum absolute atomic E-state index is 12.6. The summed E-state index contributed by atoms with van der Waals surface area (Å²) < 4.78 is 31.2. The molecule has 0 radical (unpaired) electrons. The van der Waals surface area contributed by atoms with Gasteiger partial charge in [-0.2, -0.15) is 0 Å². The van der Waals surface area contributed by atoms with Crippen molar-refractivity contribution in [1.29, 1.82) is 0 Å². The fraction of sp³-hybridized carbons (Fsp3) is 0.529. The van der Waals surface area contributed by atoms with Crippen molar-refractivity contribution >= 4 is 27.0 Å². The van der Waals surface area contributed by atoms with Gasteiger partial charge in [-0.3, -0.25) is 4.79 Å². The Hall–Kier alpha value is -1.93. The maximum Gasteiger partial charge on any atom is 0.227 e. The minimum absolute atomic E-state index is 0.00797. The van der Waals surface area contributed by atoms with Crippen LogP contribution in [0.2, 0.25) is 0 Å². The Morgan fingerprint density at radius 3 is 2.88 bits per heavy atom. The van der Waals surface area contributed by atoms with Crippen molar-refractivity contribution in [3.8, 4) is 0 Å². The second-order valence-corrected chi connectivity index (χ2v) is 8.37. The van der Waals surface area contributed by atoms with Gasteiger partial charge in [-0.15, -0.1) is 0 Å². The highest BCUT2D eigenvalue weighted by atomic mass is 32.2. The topological polar surface area (TPSA) is 83.7 Å². The number of amides is 1. The van der Waals surface area contributed by atoms with Crippen LogP contribution in [0.25, 0.3) is 11.1 Å². The van der Waals surface area contributed by atoms with E-state index >= 15 is 0 Å². The molecule has 0 aliphatic carbocycles. The largest absolute Gasteiger partial charge is 0.443 e. The Bertz CT molecular complexity index is 846. The monoisotopic (exact) mass is 365 g/mol. The molecule has 0 N–H and O–H groups in total. The minimum Gasteiger partial charge on any atom is -0.443 e. The van der Waals surface area contributed by atoms with Crippen LogP contribution in [0.4, 0.5) is 0 Å². The van der Waals surface area contributed by atoms with Crippen molar-refractivity contribution in [2.45, 2.75) is 26.2 Å². The average molecular weight is 365 g/mol. The van der Waals surface area contributed by atoms with Crippen LogP contribution in [0.3, 0.4) is 0 Å². The van der Waals surface area contributed by atoms with Crippen LogP contribution in [-0.2, 0) is 21.2 Å². The first-order valence-corrected chi connectivity index (χ1v) is 10.2. The van der Waals surface area contributed by atoms with Crippen molar-refractivity contribution in [3.05, 3.63) is 30.2 Å². The molecule has 1 fully saturated rings. The SMILES string of the molecule is CCCS(=O)(=O)N1CCCN(C(=O)Cc2ccc3ncoc3c2)CC1. The van der Waals surface area contributed by atoms with Crippen LogP contribution < -0.4 is 0 Å². The molecule has 2 heterocycles. The number of sulfonamides is 1. The van der Waals surface area contributed by atoms with Gasteiger partial charge in [0.05, 0.1) is 12.2 Å². The maximum atomic E-state index is 12.6. The van der Waals surface area contributed by atoms with Gasteiger partial charge in [0.1, 0.15) is 5.52 Å². The molecule has 25 heavy (non-hydrogen) atoms. The zero-order valence-electron chi connectivity index (χ0n) is 14.3. The third-order valence-corrected chi connectivity index (χ3v) is 6.49. The molecule has 1 aromatic carbocycles. The van der Waals surface area contributed by atoms with E-state index in [-0.39, 0.29) is 18.1 Å². The number of hydrogen-bond acceptors (Lipinski definition) is 5. The molecule has 0 spiro atoms. The molecule has 1 aliphatic heterocycles. The van der Waals surface area contributed by atoms with E-state index in [1.54, 1.807) is 4.90 Å². The van der Waals surface area contributed by atoms with Crippen LogP contribution in [0.1, 0.15) is 25.3 Å². The molecule has 7 nitrogen and oxygen atoms in total. The Morgan fingerprint density at radius 1 is 1.24 bits per heavy atom. The van der Waals surface area contributed by atoms with Crippen LogP contribution in [0.5, 0.6) is 0 Å². The number of nitrogens with zero attached hydrogens (tertiary/aromatic N) is 3. The molecule has 2 aromatic rings. The lowest BCUT2D eigenvalue weighted by Crippen LogP contribution is -2.38. The highest BCUT2D eigenvalue weighted by Crippen LogP contribution is 2.16. The third-order valence-electron chi connectivity index (χ3n) is 4.41. The Kier molecular flexibility index (Phi) is 5.39. The molecule has 0 atom stereocenters. The van der Waals surface area contributed by atoms with E-state index in [4.69, 9.17) is 4.42 Å². The normalized spacial score (nSPS) is 16.9. The van der Waals surface area contributed by atoms with Crippen molar-refractivity contribution in [1.82, 2.24) is 14.2 Å². The molecule has 1 saturated heterocycles. The molecular formula is C17H23N3O4S. The van der Waals surface area contributed by atoms with Gasteiger partial charge in [0, 0.05) is 26.2 Å². The van der Waals surface area contributed by atoms with Crippen molar-refractivity contribution < 1.29 is 17.6 Å². The first-order chi connectivity index (χ1) is 12.0. The van der Waals surface area contributed by atoms with E-state index in [0.717, 1.165) is 11.1 Å². The quantitative estimate of drug-likeness (QED) is 0.804. The summed E-state index contributed by atoms with van der Waals surface area (Å²) in [7, 11) is -3.21. The van der Waals surface area contributed by atoms with Gasteiger partial charge in [0.2, 0.25) is 15.9 Å². The summed E-state index contributed by atoms with van der Waals surface area (Å²) in [4.78, 5) is 18.4. The average Bonchev–Trinajstić information content (AvgIpc) is 2.88. The van der Waals surface area contributed by atoms with Gasteiger partial charge in [0.15, 0.2) is 12.0 Å². The van der Waals surface area contributed by atoms with Crippen LogP contribution in [0, 0.1) is 0 Å². The number of oxazole rings is 1. The Morgan fingerprint density at radius 2 is 2.08 bits per heavy atom. The van der Waals surface area contributed by atoms with Crippen molar-refractivity contribution in [2.24, 2.45) is 0 Å². The summed E-state index contributed by atoms with van der Waals surface area (Å²) >= 11 is 0. The standard InChI is InChI=1S/C17H23N3O4S/c1-2-10-25(22,23)20-7-3-6-19(8-9-20)17(21)12-14-4-5-15-16(11-14)24-13-18-15/h4-5,11,13H,2-3,6-10,12H2,1H3. The summed E-state index contributed by atoms with van der Waals surface area (Å²) in [5.41, 5.74) is 2.30. The van der Waals surface area contributed by atoms with E-state index in [0.29, 0.717) is 44.6 Å². The lowest BCUT2D eigenvalue weighted by molar-refractivity contribution is -0.130. The van der Waals surface area contributed by atoms with Crippen LogP contribution in [0.15, 0.2) is 29.0 Å². The number of rotatable bonds is 5. The van der Waals surface area contributed by atoms with Crippen molar-refractivity contribution in [2.75, 3.05) is 31.9 Å². The smallest absolute Gasteiger partial charge is 0.227 e. The van der Waals surface area contributed by atoms with Crippen molar-refractivity contribution in [3.63, 3.8) is 0 Å². The van der Waals surface area contributed by atoms with Gasteiger partial charge < -0.3 is 9.32 Å². The molecule has 0 saturated carbocycles. The van der Waals surface area contributed by atoms with Gasteiger partial charge in [-0.1, -0.05) is 13.0 Å². The molecule has 3 rings (SSSR count). The number of hydrogen-bond donors (Lipinski definition) is 0. The predicted octanol–water partition coefficient (Wildman–Crippen LogP) is 1.64. The molecule has 1 amide bonds. The molecule has 1 aliphatic rings. The molecule has 8 heteroatoms. The summed E-state index contributed by atoms with van der Waals surface area (Å²) in [6.45, 7) is 3.73. The minimum atomic E-state index is -3.21. The summed E-state index contributed by atoms with van der Waals surface area (Å²) in [5.74, 6) is 0.173. The molecule has 1 aromatic heterocycles. The van der Waals surface area contributed by atoms with Gasteiger partial charge >= 0.3 is 0 Å². The fourth-order valence-electron chi connectivity index (χ4n) is 3.10. The first kappa shape index (κ1) is 17.9. The summed E-state index contributed by atoms with van der Waals surface area (Å²) in [6, 6.07) is 5.54. The molecule has 136 valence electrons. The lowest BCUT2D eigenvalue weighted by atomic mass is 10.1. The van der Waals surface area contributed by atoms with Crippen LogP contribution >= 0.6 is 0 Å². The van der Waals surface area contributed by atoms with E-state index in [1.807, 2.05) is 25.1 Å². The van der Waals surface area contributed by atoms with E-state index in [1.165, 1.54) is 10.7 Å². The summed E-state index contributed by atoms with van der Waals surface area (Å²) in [5, 5.41) is 0. The van der Waals surface area contributed by atoms with Gasteiger partial charge in [0.25, 0.3) is 0 Å². The highest BCUT2D eigenvalue weighted by Gasteiger charge is 2.26. The second kappa shape index (κ2) is 7.53. The zero-order valence-corrected chi connectivity index (χ0v) is 15.2. The number of carbonyl (C=O) groups is 1. The van der Waals surface area contributed by atoms with E-state index < -0.39 is 10.0 Å². The lowest BCUT2D eigenvalue weighted by Gasteiger charge is -2.22. The highest BCUT2D eigenvalue weighted by molar-refractivity contribution is 7.89. The van der Waals surface area contributed by atoms with Gasteiger partial charge in [-0.05, 0) is 30.5 Å². The fourth-order valence-corrected chi connectivity index (χ4v) is 4.65. The van der Waals surface area contributed by atoms with Gasteiger partial charge in [-0.25, -0.2) is 17.7 Å².